The number of nitrogens with zero attached hydrogens (tertiary/aromatic N) is 4. The largest absolute Gasteiger partial charge is 0.508 e. The summed E-state index contributed by atoms with van der Waals surface area (Å²) in [5, 5.41) is 25.0. The van der Waals surface area contributed by atoms with Gasteiger partial charge in [-0.15, -0.1) is 0 Å². The lowest BCUT2D eigenvalue weighted by molar-refractivity contribution is -0.385. The Morgan fingerprint density at radius 3 is 2.75 bits per heavy atom. The summed E-state index contributed by atoms with van der Waals surface area (Å²) in [4.78, 5) is 19.5. The van der Waals surface area contributed by atoms with E-state index in [1.165, 1.54) is 18.2 Å². The van der Waals surface area contributed by atoms with Crippen LogP contribution in [0.25, 0.3) is 11.0 Å². The number of phenols is 1. The number of fused-ring (bicyclic) bond motifs is 1. The van der Waals surface area contributed by atoms with Crippen LogP contribution in [0.3, 0.4) is 0 Å². The molecule has 140 valence electrons. The number of anilines is 1. The van der Waals surface area contributed by atoms with Crippen LogP contribution in [-0.2, 0) is 0 Å². The Kier molecular flexibility index (Phi) is 4.36. The molecule has 2 aromatic heterocycles. The second kappa shape index (κ2) is 6.99. The van der Waals surface area contributed by atoms with E-state index >= 15 is 0 Å². The summed E-state index contributed by atoms with van der Waals surface area (Å²) in [5.74, 6) is 0.516. The van der Waals surface area contributed by atoms with Gasteiger partial charge < -0.3 is 15.0 Å². The van der Waals surface area contributed by atoms with Crippen LogP contribution in [0.1, 0.15) is 17.3 Å². The van der Waals surface area contributed by atoms with Gasteiger partial charge in [-0.1, -0.05) is 12.1 Å². The first-order valence-electron chi connectivity index (χ1n) is 8.61. The molecule has 0 aliphatic heterocycles. The molecule has 8 heteroatoms. The quantitative estimate of drug-likeness (QED) is 0.403. The van der Waals surface area contributed by atoms with E-state index in [4.69, 9.17) is 0 Å². The van der Waals surface area contributed by atoms with Crippen molar-refractivity contribution in [2.24, 2.45) is 0 Å². The molecule has 0 radical (unpaired) electrons. The van der Waals surface area contributed by atoms with Gasteiger partial charge in [-0.25, -0.2) is 9.97 Å². The zero-order chi connectivity index (χ0) is 19.7. The SMILES string of the molecule is Cc1ccnc(N[C@H](c2cc([N+](=O)[O-])ccc2O)n2cnc3ccccc32)c1. The molecule has 1 atom stereocenters. The number of aromatic nitrogens is 3. The maximum absolute atomic E-state index is 11.3. The molecule has 4 aromatic rings. The van der Waals surface area contributed by atoms with Crippen LogP contribution in [0.2, 0.25) is 0 Å². The summed E-state index contributed by atoms with van der Waals surface area (Å²) in [6, 6.07) is 15.2. The fourth-order valence-electron chi connectivity index (χ4n) is 3.11. The number of hydrogen-bond acceptors (Lipinski definition) is 6. The predicted octanol–water partition coefficient (Wildman–Crippen LogP) is 4.01. The number of phenolic OH excluding ortho intramolecular Hbond substituents is 1. The first kappa shape index (κ1) is 17.5. The van der Waals surface area contributed by atoms with Crippen molar-refractivity contribution in [2.45, 2.75) is 13.1 Å². The highest BCUT2D eigenvalue weighted by atomic mass is 16.6. The monoisotopic (exact) mass is 375 g/mol. The normalized spacial score (nSPS) is 12.0. The van der Waals surface area contributed by atoms with Crippen molar-refractivity contribution >= 4 is 22.5 Å². The Balaban J connectivity index is 1.89. The molecule has 28 heavy (non-hydrogen) atoms. The molecule has 0 unspecified atom stereocenters. The van der Waals surface area contributed by atoms with Gasteiger partial charge in [0.25, 0.3) is 5.69 Å². The maximum Gasteiger partial charge on any atom is 0.270 e. The van der Waals surface area contributed by atoms with Crippen molar-refractivity contribution < 1.29 is 10.0 Å². The van der Waals surface area contributed by atoms with E-state index in [1.54, 1.807) is 12.5 Å². The number of imidazole rings is 1. The van der Waals surface area contributed by atoms with E-state index < -0.39 is 11.1 Å². The van der Waals surface area contributed by atoms with E-state index in [0.29, 0.717) is 11.4 Å². The van der Waals surface area contributed by atoms with E-state index in [2.05, 4.69) is 15.3 Å². The van der Waals surface area contributed by atoms with Gasteiger partial charge in [0.1, 0.15) is 17.7 Å². The summed E-state index contributed by atoms with van der Waals surface area (Å²) in [5.41, 5.74) is 2.84. The molecular formula is C20H17N5O3. The van der Waals surface area contributed by atoms with Gasteiger partial charge in [0, 0.05) is 23.9 Å². The number of aromatic hydroxyl groups is 1. The van der Waals surface area contributed by atoms with Crippen LogP contribution in [0, 0.1) is 17.0 Å². The third-order valence-electron chi connectivity index (χ3n) is 4.48. The maximum atomic E-state index is 11.3. The smallest absolute Gasteiger partial charge is 0.270 e. The topological polar surface area (TPSA) is 106 Å². The van der Waals surface area contributed by atoms with Gasteiger partial charge >= 0.3 is 0 Å². The Morgan fingerprint density at radius 2 is 1.96 bits per heavy atom. The molecule has 0 saturated heterocycles. The van der Waals surface area contributed by atoms with Crippen LogP contribution in [-0.4, -0.2) is 24.6 Å². The molecule has 0 spiro atoms. The molecule has 0 bridgehead atoms. The van der Waals surface area contributed by atoms with Crippen LogP contribution < -0.4 is 5.32 Å². The predicted molar refractivity (Wildman–Crippen MR) is 105 cm³/mol. The Labute approximate surface area is 160 Å². The third-order valence-corrected chi connectivity index (χ3v) is 4.48. The summed E-state index contributed by atoms with van der Waals surface area (Å²) >= 11 is 0. The first-order valence-corrected chi connectivity index (χ1v) is 8.61. The van der Waals surface area contributed by atoms with Gasteiger partial charge in [0.2, 0.25) is 0 Å². The lowest BCUT2D eigenvalue weighted by Gasteiger charge is -2.23. The molecule has 0 aliphatic carbocycles. The number of rotatable bonds is 5. The molecule has 4 rings (SSSR count). The fourth-order valence-corrected chi connectivity index (χ4v) is 3.11. The number of non-ortho nitro benzene ring substituents is 1. The number of nitro groups is 1. The number of aryl methyl sites for hydroxylation is 1. The molecule has 0 saturated carbocycles. The minimum atomic E-state index is -0.651. The second-order valence-corrected chi connectivity index (χ2v) is 6.41. The third kappa shape index (κ3) is 3.23. The van der Waals surface area contributed by atoms with E-state index in [1.807, 2.05) is 47.9 Å². The minimum absolute atomic E-state index is 0.0615. The highest BCUT2D eigenvalue weighted by Gasteiger charge is 2.23. The van der Waals surface area contributed by atoms with Crippen LogP contribution in [0.15, 0.2) is 67.1 Å². The average molecular weight is 375 g/mol. The van der Waals surface area contributed by atoms with Gasteiger partial charge in [0.05, 0.1) is 22.3 Å². The highest BCUT2D eigenvalue weighted by Crippen LogP contribution is 2.33. The number of benzene rings is 2. The number of nitrogens with one attached hydrogen (secondary N) is 1. The van der Waals surface area contributed by atoms with Crippen molar-refractivity contribution in [3.63, 3.8) is 0 Å². The van der Waals surface area contributed by atoms with Crippen molar-refractivity contribution in [3.05, 3.63) is 88.4 Å². The number of para-hydroxylation sites is 2. The number of nitro benzene ring substituents is 1. The lowest BCUT2D eigenvalue weighted by Crippen LogP contribution is -2.20. The number of pyridine rings is 1. The molecule has 2 heterocycles. The van der Waals surface area contributed by atoms with Crippen LogP contribution >= 0.6 is 0 Å². The van der Waals surface area contributed by atoms with Crippen LogP contribution in [0.5, 0.6) is 5.75 Å². The van der Waals surface area contributed by atoms with Crippen molar-refractivity contribution in [3.8, 4) is 5.75 Å². The standard InChI is InChI=1S/C20H17N5O3/c1-13-8-9-21-19(10-13)23-20(15-11-14(25(27)28)6-7-18(15)26)24-12-22-16-4-2-3-5-17(16)24/h2-12,20,26H,1H3,(H,21,23)/t20-/m0/s1. The summed E-state index contributed by atoms with van der Waals surface area (Å²) in [6.07, 6.45) is 2.66. The van der Waals surface area contributed by atoms with Gasteiger partial charge in [-0.05, 0) is 42.8 Å². The molecule has 0 aliphatic rings. The van der Waals surface area contributed by atoms with Gasteiger partial charge in [0.15, 0.2) is 0 Å². The Morgan fingerprint density at radius 1 is 1.14 bits per heavy atom. The summed E-state index contributed by atoms with van der Waals surface area (Å²) in [7, 11) is 0. The minimum Gasteiger partial charge on any atom is -0.508 e. The molecule has 0 fully saturated rings. The zero-order valence-electron chi connectivity index (χ0n) is 15.0. The second-order valence-electron chi connectivity index (χ2n) is 6.41. The van der Waals surface area contributed by atoms with Crippen molar-refractivity contribution in [1.82, 2.24) is 14.5 Å². The Bertz CT molecular complexity index is 1170. The summed E-state index contributed by atoms with van der Waals surface area (Å²) in [6.45, 7) is 1.94. The van der Waals surface area contributed by atoms with E-state index in [-0.39, 0.29) is 11.4 Å². The molecule has 0 amide bonds. The van der Waals surface area contributed by atoms with Gasteiger partial charge in [-0.3, -0.25) is 10.1 Å². The Hall–Kier alpha value is -3.94. The van der Waals surface area contributed by atoms with E-state index in [0.717, 1.165) is 16.6 Å². The lowest BCUT2D eigenvalue weighted by atomic mass is 10.1. The van der Waals surface area contributed by atoms with Crippen molar-refractivity contribution in [2.75, 3.05) is 5.32 Å². The molecular weight excluding hydrogens is 358 g/mol. The van der Waals surface area contributed by atoms with E-state index in [9.17, 15) is 15.2 Å². The zero-order valence-corrected chi connectivity index (χ0v) is 15.0. The van der Waals surface area contributed by atoms with Gasteiger partial charge in [-0.2, -0.15) is 0 Å². The first-order chi connectivity index (χ1) is 13.5. The highest BCUT2D eigenvalue weighted by molar-refractivity contribution is 5.75. The fraction of sp³-hybridized carbons (Fsp3) is 0.100. The summed E-state index contributed by atoms with van der Waals surface area (Å²) < 4.78 is 1.82. The molecule has 2 N–H and O–H groups in total. The van der Waals surface area contributed by atoms with Crippen LogP contribution in [0.4, 0.5) is 11.5 Å². The van der Waals surface area contributed by atoms with Crippen molar-refractivity contribution in [1.29, 1.82) is 0 Å². The molecule has 8 nitrogen and oxygen atoms in total. The number of hydrogen-bond donors (Lipinski definition) is 2. The average Bonchev–Trinajstić information content (AvgIpc) is 3.10. The molecule has 2 aromatic carbocycles.